The summed E-state index contributed by atoms with van der Waals surface area (Å²) >= 11 is 0. The third-order valence-electron chi connectivity index (χ3n) is 5.22. The predicted molar refractivity (Wildman–Crippen MR) is 131 cm³/mol. The number of nitrogens with two attached hydrogens (primary N) is 1. The van der Waals surface area contributed by atoms with Gasteiger partial charge in [0.1, 0.15) is 6.04 Å². The highest BCUT2D eigenvalue weighted by Crippen LogP contribution is 2.17. The lowest BCUT2D eigenvalue weighted by atomic mass is 10.1. The number of halogens is 2. The van der Waals surface area contributed by atoms with E-state index >= 15 is 0 Å². The Labute approximate surface area is 196 Å². The van der Waals surface area contributed by atoms with Crippen molar-refractivity contribution >= 4 is 48.0 Å². The van der Waals surface area contributed by atoms with Gasteiger partial charge in [-0.1, -0.05) is 42.7 Å². The first kappa shape index (κ1) is 26.9. The summed E-state index contributed by atoms with van der Waals surface area (Å²) in [6.07, 6.45) is 4.82. The Balaban J connectivity index is 0.00000240. The van der Waals surface area contributed by atoms with Crippen LogP contribution < -0.4 is 16.4 Å². The second-order valence-corrected chi connectivity index (χ2v) is 7.69. The van der Waals surface area contributed by atoms with Crippen molar-refractivity contribution in [3.05, 3.63) is 59.7 Å². The number of carbonyl (C=O) groups is 2. The van der Waals surface area contributed by atoms with Crippen molar-refractivity contribution in [3.63, 3.8) is 0 Å². The van der Waals surface area contributed by atoms with Gasteiger partial charge in [0.25, 0.3) is 0 Å². The van der Waals surface area contributed by atoms with E-state index in [2.05, 4.69) is 15.5 Å². The van der Waals surface area contributed by atoms with E-state index in [1.165, 1.54) is 12.8 Å². The van der Waals surface area contributed by atoms with Crippen LogP contribution in [0, 0.1) is 6.92 Å². The van der Waals surface area contributed by atoms with Gasteiger partial charge in [0.15, 0.2) is 0 Å². The first-order chi connectivity index (χ1) is 14.0. The van der Waals surface area contributed by atoms with E-state index < -0.39 is 6.04 Å². The molecule has 0 bridgehead atoms. The maximum absolute atomic E-state index is 12.4. The minimum absolute atomic E-state index is 0. The minimum Gasteiger partial charge on any atom is -0.325 e. The SMILES string of the molecule is Cc1ccc(C(N)C(=O)Nc2ccc(NC(=O)CN3CCCCCC3)cc2)cc1.Cl.Cl. The Hall–Kier alpha value is -2.12. The number of rotatable bonds is 6. The van der Waals surface area contributed by atoms with Crippen LogP contribution in [-0.2, 0) is 9.59 Å². The highest BCUT2D eigenvalue weighted by atomic mass is 35.5. The summed E-state index contributed by atoms with van der Waals surface area (Å²) in [7, 11) is 0. The molecule has 170 valence electrons. The molecule has 0 radical (unpaired) electrons. The van der Waals surface area contributed by atoms with Crippen LogP contribution in [0.2, 0.25) is 0 Å². The molecule has 1 saturated heterocycles. The van der Waals surface area contributed by atoms with Crippen molar-refractivity contribution in [2.75, 3.05) is 30.3 Å². The molecule has 6 nitrogen and oxygen atoms in total. The molecule has 2 amide bonds. The molecule has 0 aliphatic carbocycles. The zero-order valence-electron chi connectivity index (χ0n) is 17.8. The summed E-state index contributed by atoms with van der Waals surface area (Å²) in [5.41, 5.74) is 9.30. The lowest BCUT2D eigenvalue weighted by Crippen LogP contribution is -2.33. The number of anilines is 2. The van der Waals surface area contributed by atoms with E-state index in [1.54, 1.807) is 24.3 Å². The molecule has 1 heterocycles. The summed E-state index contributed by atoms with van der Waals surface area (Å²) in [5.74, 6) is -0.281. The molecule has 1 aliphatic rings. The number of carbonyl (C=O) groups excluding carboxylic acids is 2. The molecule has 0 aromatic heterocycles. The van der Waals surface area contributed by atoms with Crippen molar-refractivity contribution in [2.24, 2.45) is 5.73 Å². The second-order valence-electron chi connectivity index (χ2n) is 7.69. The fourth-order valence-electron chi connectivity index (χ4n) is 3.48. The molecule has 1 unspecified atom stereocenters. The van der Waals surface area contributed by atoms with Crippen LogP contribution in [0.25, 0.3) is 0 Å². The zero-order valence-corrected chi connectivity index (χ0v) is 19.4. The van der Waals surface area contributed by atoms with Crippen molar-refractivity contribution in [1.82, 2.24) is 4.90 Å². The monoisotopic (exact) mass is 466 g/mol. The topological polar surface area (TPSA) is 87.5 Å². The maximum atomic E-state index is 12.4. The highest BCUT2D eigenvalue weighted by Gasteiger charge is 2.16. The Morgan fingerprint density at radius 1 is 0.871 bits per heavy atom. The van der Waals surface area contributed by atoms with Crippen molar-refractivity contribution in [1.29, 1.82) is 0 Å². The van der Waals surface area contributed by atoms with Gasteiger partial charge >= 0.3 is 0 Å². The van der Waals surface area contributed by atoms with Gasteiger partial charge in [0.2, 0.25) is 11.8 Å². The van der Waals surface area contributed by atoms with Crippen molar-refractivity contribution < 1.29 is 9.59 Å². The number of benzene rings is 2. The zero-order chi connectivity index (χ0) is 20.6. The molecule has 31 heavy (non-hydrogen) atoms. The van der Waals surface area contributed by atoms with Gasteiger partial charge in [-0.25, -0.2) is 0 Å². The van der Waals surface area contributed by atoms with Crippen LogP contribution in [-0.4, -0.2) is 36.3 Å². The van der Waals surface area contributed by atoms with Crippen LogP contribution in [0.5, 0.6) is 0 Å². The van der Waals surface area contributed by atoms with Gasteiger partial charge in [0, 0.05) is 11.4 Å². The van der Waals surface area contributed by atoms with E-state index in [9.17, 15) is 9.59 Å². The summed E-state index contributed by atoms with van der Waals surface area (Å²) < 4.78 is 0. The molecule has 4 N–H and O–H groups in total. The van der Waals surface area contributed by atoms with Crippen LogP contribution in [0.3, 0.4) is 0 Å². The molecule has 1 atom stereocenters. The number of nitrogens with zero attached hydrogens (tertiary/aromatic N) is 1. The maximum Gasteiger partial charge on any atom is 0.245 e. The third kappa shape index (κ3) is 8.50. The van der Waals surface area contributed by atoms with Gasteiger partial charge in [-0.05, 0) is 62.7 Å². The summed E-state index contributed by atoms with van der Waals surface area (Å²) in [5, 5.41) is 5.75. The number of amides is 2. The molecular weight excluding hydrogens is 435 g/mol. The number of likely N-dealkylation sites (tertiary alicyclic amines) is 1. The highest BCUT2D eigenvalue weighted by molar-refractivity contribution is 5.96. The molecule has 0 spiro atoms. The van der Waals surface area contributed by atoms with Gasteiger partial charge in [-0.3, -0.25) is 14.5 Å². The van der Waals surface area contributed by atoms with E-state index in [-0.39, 0.29) is 36.6 Å². The lowest BCUT2D eigenvalue weighted by Gasteiger charge is -2.19. The standard InChI is InChI=1S/C23H30N4O2.2ClH/c1-17-6-8-18(9-7-17)22(24)23(29)26-20-12-10-19(11-13-20)25-21(28)16-27-14-4-2-3-5-15-27;;/h6-13,22H,2-5,14-16,24H2,1H3,(H,25,28)(H,26,29);2*1H. The van der Waals surface area contributed by atoms with Gasteiger partial charge in [-0.2, -0.15) is 0 Å². The number of hydrogen-bond acceptors (Lipinski definition) is 4. The third-order valence-corrected chi connectivity index (χ3v) is 5.22. The number of hydrogen-bond donors (Lipinski definition) is 3. The van der Waals surface area contributed by atoms with E-state index in [4.69, 9.17) is 5.73 Å². The Bertz CT molecular complexity index is 820. The first-order valence-electron chi connectivity index (χ1n) is 10.3. The molecule has 8 heteroatoms. The fourth-order valence-corrected chi connectivity index (χ4v) is 3.48. The minimum atomic E-state index is -0.733. The van der Waals surface area contributed by atoms with Gasteiger partial charge in [-0.15, -0.1) is 24.8 Å². The normalized spacial score (nSPS) is 14.9. The molecule has 1 aliphatic heterocycles. The summed E-state index contributed by atoms with van der Waals surface area (Å²) in [6.45, 7) is 4.38. The summed E-state index contributed by atoms with van der Waals surface area (Å²) in [6, 6.07) is 14.0. The first-order valence-corrected chi connectivity index (χ1v) is 10.3. The molecule has 2 aromatic rings. The lowest BCUT2D eigenvalue weighted by molar-refractivity contribution is -0.118. The van der Waals surface area contributed by atoms with Crippen molar-refractivity contribution in [3.8, 4) is 0 Å². The average Bonchev–Trinajstić information content (AvgIpc) is 2.98. The number of nitrogens with one attached hydrogen (secondary N) is 2. The Morgan fingerprint density at radius 2 is 1.39 bits per heavy atom. The molecule has 1 fully saturated rings. The Kier molecular flexibility index (Phi) is 11.6. The Morgan fingerprint density at radius 3 is 1.94 bits per heavy atom. The smallest absolute Gasteiger partial charge is 0.245 e. The predicted octanol–water partition coefficient (Wildman–Crippen LogP) is 4.29. The average molecular weight is 467 g/mol. The van der Waals surface area contributed by atoms with Crippen molar-refractivity contribution in [2.45, 2.75) is 38.6 Å². The van der Waals surface area contributed by atoms with Crippen LogP contribution in [0.15, 0.2) is 48.5 Å². The molecule has 0 saturated carbocycles. The molecular formula is C23H32Cl2N4O2. The fraction of sp³-hybridized carbons (Fsp3) is 0.391. The quantitative estimate of drug-likeness (QED) is 0.592. The van der Waals surface area contributed by atoms with Gasteiger partial charge < -0.3 is 16.4 Å². The van der Waals surface area contributed by atoms with Gasteiger partial charge in [0.05, 0.1) is 6.54 Å². The van der Waals surface area contributed by atoms with Crippen LogP contribution >= 0.6 is 24.8 Å². The van der Waals surface area contributed by atoms with Crippen LogP contribution in [0.1, 0.15) is 42.9 Å². The van der Waals surface area contributed by atoms with E-state index in [0.717, 1.165) is 37.1 Å². The molecule has 2 aromatic carbocycles. The van der Waals surface area contributed by atoms with Crippen LogP contribution in [0.4, 0.5) is 11.4 Å². The molecule has 3 rings (SSSR count). The van der Waals surface area contributed by atoms with E-state index in [0.29, 0.717) is 17.9 Å². The second kappa shape index (κ2) is 13.3. The number of aryl methyl sites for hydroxylation is 1. The largest absolute Gasteiger partial charge is 0.325 e. The summed E-state index contributed by atoms with van der Waals surface area (Å²) in [4.78, 5) is 26.9. The van der Waals surface area contributed by atoms with E-state index in [1.807, 2.05) is 31.2 Å².